The van der Waals surface area contributed by atoms with Crippen LogP contribution in [0.5, 0.6) is 5.75 Å². The Hall–Kier alpha value is -2.44. The number of thiazole rings is 1. The molecule has 0 radical (unpaired) electrons. The van der Waals surface area contributed by atoms with Gasteiger partial charge in [-0.25, -0.2) is 4.98 Å². The van der Waals surface area contributed by atoms with Crippen LogP contribution in [-0.4, -0.2) is 22.5 Å². The number of hydrogen-bond donors (Lipinski definition) is 1. The Balaban J connectivity index is 1.56. The molecule has 7 heteroatoms. The number of ether oxygens (including phenoxy) is 1. The molecule has 5 nitrogen and oxygen atoms in total. The van der Waals surface area contributed by atoms with Crippen LogP contribution in [0.3, 0.4) is 0 Å². The van der Waals surface area contributed by atoms with E-state index in [0.29, 0.717) is 15.9 Å². The number of benzene rings is 1. The lowest BCUT2D eigenvalue weighted by atomic mass is 10.3. The molecule has 2 heterocycles. The number of aromatic nitrogens is 2. The largest absolute Gasteiger partial charge is 0.484 e. The lowest BCUT2D eigenvalue weighted by Gasteiger charge is -2.05. The molecule has 0 saturated carbocycles. The molecule has 0 aliphatic rings. The minimum atomic E-state index is -0.276. The Morgan fingerprint density at radius 2 is 2.00 bits per heavy atom. The Morgan fingerprint density at radius 1 is 1.17 bits per heavy atom. The highest BCUT2D eigenvalue weighted by atomic mass is 35.5. The zero-order valence-corrected chi connectivity index (χ0v) is 13.5. The predicted octanol–water partition coefficient (Wildman–Crippen LogP) is 3.88. The molecule has 0 aliphatic heterocycles. The van der Waals surface area contributed by atoms with Gasteiger partial charge in [-0.05, 0) is 36.4 Å². The fourth-order valence-electron chi connectivity index (χ4n) is 1.80. The highest BCUT2D eigenvalue weighted by molar-refractivity contribution is 7.14. The minimum Gasteiger partial charge on any atom is -0.484 e. The molecular weight excluding hydrogens is 334 g/mol. The second kappa shape index (κ2) is 7.21. The first-order valence-electron chi connectivity index (χ1n) is 6.76. The van der Waals surface area contributed by atoms with E-state index in [1.165, 1.54) is 11.3 Å². The Labute approximate surface area is 141 Å². The summed E-state index contributed by atoms with van der Waals surface area (Å²) in [5.74, 6) is 0.305. The van der Waals surface area contributed by atoms with Gasteiger partial charge in [-0.2, -0.15) is 0 Å². The Morgan fingerprint density at radius 3 is 2.74 bits per heavy atom. The van der Waals surface area contributed by atoms with Crippen LogP contribution in [0.1, 0.15) is 0 Å². The zero-order chi connectivity index (χ0) is 16.1. The average Bonchev–Trinajstić information content (AvgIpc) is 3.04. The van der Waals surface area contributed by atoms with Crippen LogP contribution in [0.15, 0.2) is 54.0 Å². The summed E-state index contributed by atoms with van der Waals surface area (Å²) in [5, 5.41) is 5.68. The Bertz CT molecular complexity index is 791. The smallest absolute Gasteiger partial charge is 0.264 e. The minimum absolute atomic E-state index is 0.0971. The standard InChI is InChI=1S/C16H12ClN3O2S/c17-11-4-6-12(7-5-11)22-9-15(21)20-16-19-14(10-23-16)13-3-1-2-8-18-13/h1-8,10H,9H2,(H,19,20,21). The van der Waals surface area contributed by atoms with E-state index in [4.69, 9.17) is 16.3 Å². The van der Waals surface area contributed by atoms with E-state index in [1.54, 1.807) is 30.5 Å². The number of nitrogens with one attached hydrogen (secondary N) is 1. The summed E-state index contributed by atoms with van der Waals surface area (Å²) in [4.78, 5) is 20.4. The van der Waals surface area contributed by atoms with Crippen molar-refractivity contribution in [3.05, 3.63) is 59.1 Å². The van der Waals surface area contributed by atoms with Gasteiger partial charge >= 0.3 is 0 Å². The molecule has 23 heavy (non-hydrogen) atoms. The van der Waals surface area contributed by atoms with E-state index in [2.05, 4.69) is 15.3 Å². The van der Waals surface area contributed by atoms with Crippen LogP contribution in [-0.2, 0) is 4.79 Å². The zero-order valence-electron chi connectivity index (χ0n) is 11.9. The number of carbonyl (C=O) groups is 1. The van der Waals surface area contributed by atoms with Crippen LogP contribution in [0, 0.1) is 0 Å². The van der Waals surface area contributed by atoms with E-state index in [1.807, 2.05) is 23.6 Å². The summed E-state index contributed by atoms with van der Waals surface area (Å²) < 4.78 is 5.38. The van der Waals surface area contributed by atoms with Gasteiger partial charge in [0.05, 0.1) is 5.69 Å². The topological polar surface area (TPSA) is 64.1 Å². The summed E-state index contributed by atoms with van der Waals surface area (Å²) in [6.07, 6.45) is 1.70. The second-order valence-corrected chi connectivity index (χ2v) is 5.84. The van der Waals surface area contributed by atoms with Gasteiger partial charge in [0.15, 0.2) is 11.7 Å². The van der Waals surface area contributed by atoms with Crippen LogP contribution in [0.4, 0.5) is 5.13 Å². The van der Waals surface area contributed by atoms with Crippen molar-refractivity contribution in [1.29, 1.82) is 0 Å². The highest BCUT2D eigenvalue weighted by Crippen LogP contribution is 2.23. The van der Waals surface area contributed by atoms with Crippen LogP contribution >= 0.6 is 22.9 Å². The number of anilines is 1. The number of halogens is 1. The van der Waals surface area contributed by atoms with Gasteiger partial charge in [0, 0.05) is 16.6 Å². The van der Waals surface area contributed by atoms with Gasteiger partial charge < -0.3 is 4.74 Å². The first-order chi connectivity index (χ1) is 11.2. The molecule has 1 N–H and O–H groups in total. The first kappa shape index (κ1) is 15.5. The average molecular weight is 346 g/mol. The van der Waals surface area contributed by atoms with E-state index < -0.39 is 0 Å². The lowest BCUT2D eigenvalue weighted by molar-refractivity contribution is -0.118. The maximum absolute atomic E-state index is 11.9. The van der Waals surface area contributed by atoms with E-state index in [-0.39, 0.29) is 12.5 Å². The molecule has 0 saturated heterocycles. The quantitative estimate of drug-likeness (QED) is 0.762. The van der Waals surface area contributed by atoms with Crippen molar-refractivity contribution in [2.45, 2.75) is 0 Å². The second-order valence-electron chi connectivity index (χ2n) is 4.54. The molecule has 0 fully saturated rings. The molecule has 0 atom stereocenters. The molecule has 0 spiro atoms. The van der Waals surface area contributed by atoms with Crippen LogP contribution in [0.2, 0.25) is 5.02 Å². The number of amides is 1. The van der Waals surface area contributed by atoms with Crippen LogP contribution in [0.25, 0.3) is 11.4 Å². The van der Waals surface area contributed by atoms with Gasteiger partial charge in [0.2, 0.25) is 0 Å². The summed E-state index contributed by atoms with van der Waals surface area (Å²) in [7, 11) is 0. The van der Waals surface area contributed by atoms with E-state index in [0.717, 1.165) is 11.4 Å². The van der Waals surface area contributed by atoms with Gasteiger partial charge in [-0.1, -0.05) is 17.7 Å². The number of nitrogens with zero attached hydrogens (tertiary/aromatic N) is 2. The normalized spacial score (nSPS) is 10.3. The molecule has 2 aromatic heterocycles. The van der Waals surface area contributed by atoms with Crippen molar-refractivity contribution in [2.24, 2.45) is 0 Å². The maximum Gasteiger partial charge on any atom is 0.264 e. The fourth-order valence-corrected chi connectivity index (χ4v) is 2.64. The van der Waals surface area contributed by atoms with Gasteiger partial charge in [-0.3, -0.25) is 15.1 Å². The van der Waals surface area contributed by atoms with E-state index >= 15 is 0 Å². The van der Waals surface area contributed by atoms with Crippen molar-refractivity contribution in [3.8, 4) is 17.1 Å². The van der Waals surface area contributed by atoms with Gasteiger partial charge in [-0.15, -0.1) is 11.3 Å². The molecule has 0 bridgehead atoms. The Kier molecular flexibility index (Phi) is 4.85. The molecular formula is C16H12ClN3O2S. The lowest BCUT2D eigenvalue weighted by Crippen LogP contribution is -2.20. The number of carbonyl (C=O) groups excluding carboxylic acids is 1. The monoisotopic (exact) mass is 345 g/mol. The predicted molar refractivity (Wildman–Crippen MR) is 90.9 cm³/mol. The van der Waals surface area contributed by atoms with Crippen molar-refractivity contribution >= 4 is 34.0 Å². The number of pyridine rings is 1. The first-order valence-corrected chi connectivity index (χ1v) is 8.01. The molecule has 1 amide bonds. The van der Waals surface area contributed by atoms with Crippen molar-refractivity contribution < 1.29 is 9.53 Å². The number of hydrogen-bond acceptors (Lipinski definition) is 5. The third kappa shape index (κ3) is 4.28. The van der Waals surface area contributed by atoms with Crippen LogP contribution < -0.4 is 10.1 Å². The summed E-state index contributed by atoms with van der Waals surface area (Å²) in [5.41, 5.74) is 1.49. The van der Waals surface area contributed by atoms with Gasteiger partial charge in [0.1, 0.15) is 11.4 Å². The molecule has 1 aromatic carbocycles. The van der Waals surface area contributed by atoms with Gasteiger partial charge in [0.25, 0.3) is 5.91 Å². The SMILES string of the molecule is O=C(COc1ccc(Cl)cc1)Nc1nc(-c2ccccn2)cs1. The summed E-state index contributed by atoms with van der Waals surface area (Å²) in [6, 6.07) is 12.4. The summed E-state index contributed by atoms with van der Waals surface area (Å²) >= 11 is 7.13. The molecule has 116 valence electrons. The van der Waals surface area contributed by atoms with Crippen molar-refractivity contribution in [1.82, 2.24) is 9.97 Å². The molecule has 0 aliphatic carbocycles. The maximum atomic E-state index is 11.9. The third-order valence-corrected chi connectivity index (χ3v) is 3.87. The number of rotatable bonds is 5. The molecule has 3 aromatic rings. The van der Waals surface area contributed by atoms with Crippen molar-refractivity contribution in [2.75, 3.05) is 11.9 Å². The highest BCUT2D eigenvalue weighted by Gasteiger charge is 2.09. The summed E-state index contributed by atoms with van der Waals surface area (Å²) in [6.45, 7) is -0.0971. The van der Waals surface area contributed by atoms with Crippen molar-refractivity contribution in [3.63, 3.8) is 0 Å². The molecule has 3 rings (SSSR count). The van der Waals surface area contributed by atoms with E-state index in [9.17, 15) is 4.79 Å². The third-order valence-electron chi connectivity index (χ3n) is 2.86. The fraction of sp³-hybridized carbons (Fsp3) is 0.0625. The molecule has 0 unspecified atom stereocenters.